The zero-order valence-electron chi connectivity index (χ0n) is 15.9. The van der Waals surface area contributed by atoms with Crippen molar-refractivity contribution in [2.45, 2.75) is 37.7 Å². The van der Waals surface area contributed by atoms with Crippen LogP contribution >= 0.6 is 0 Å². The number of fused-ring (bicyclic) bond motifs is 1. The van der Waals surface area contributed by atoms with E-state index < -0.39 is 5.60 Å². The first kappa shape index (κ1) is 18.2. The summed E-state index contributed by atoms with van der Waals surface area (Å²) in [5.74, 6) is 1.12. The molecule has 142 valence electrons. The summed E-state index contributed by atoms with van der Waals surface area (Å²) >= 11 is 0. The van der Waals surface area contributed by atoms with Gasteiger partial charge in [-0.1, -0.05) is 48.5 Å². The molecule has 1 fully saturated rings. The number of piperidine rings is 1. The predicted molar refractivity (Wildman–Crippen MR) is 111 cm³/mol. The number of aliphatic hydroxyl groups is 1. The molecule has 0 unspecified atom stereocenters. The van der Waals surface area contributed by atoms with Crippen LogP contribution in [0.1, 0.15) is 36.8 Å². The standard InChI is InChI=1S/C23H29N3O/c27-23(20-8-2-1-3-9-20)13-17-26(18-14-23)16-6-15-24-22-12-11-19-7-4-5-10-21(19)25-22/h1-5,7-10,27H,6,11-18H2,(H,24,25). The maximum Gasteiger partial charge on any atom is 0.101 e. The van der Waals surface area contributed by atoms with Gasteiger partial charge in [-0.2, -0.15) is 0 Å². The summed E-state index contributed by atoms with van der Waals surface area (Å²) in [7, 11) is 0. The summed E-state index contributed by atoms with van der Waals surface area (Å²) in [6, 6.07) is 18.6. The topological polar surface area (TPSA) is 47.9 Å². The molecule has 0 bridgehead atoms. The number of hydrogen-bond donors (Lipinski definition) is 2. The molecule has 0 spiro atoms. The lowest BCUT2D eigenvalue weighted by Gasteiger charge is -2.38. The molecule has 2 aromatic carbocycles. The molecular formula is C23H29N3O. The van der Waals surface area contributed by atoms with Gasteiger partial charge in [-0.25, -0.2) is 0 Å². The third kappa shape index (κ3) is 4.40. The number of aliphatic imine (C=N–C) groups is 1. The number of benzene rings is 2. The average molecular weight is 364 g/mol. The summed E-state index contributed by atoms with van der Waals surface area (Å²) < 4.78 is 0. The number of anilines is 1. The summed E-state index contributed by atoms with van der Waals surface area (Å²) in [6.07, 6.45) is 4.77. The smallest absolute Gasteiger partial charge is 0.101 e. The summed E-state index contributed by atoms with van der Waals surface area (Å²) in [5.41, 5.74) is 2.99. The third-order valence-electron chi connectivity index (χ3n) is 5.86. The maximum absolute atomic E-state index is 10.9. The minimum absolute atomic E-state index is 0.655. The number of nitrogens with one attached hydrogen (secondary N) is 1. The van der Waals surface area contributed by atoms with E-state index >= 15 is 0 Å². The number of amidine groups is 1. The second-order valence-corrected chi connectivity index (χ2v) is 7.70. The fourth-order valence-corrected chi connectivity index (χ4v) is 4.14. The molecule has 0 amide bonds. The fourth-order valence-electron chi connectivity index (χ4n) is 4.14. The molecule has 0 radical (unpaired) electrons. The van der Waals surface area contributed by atoms with Crippen LogP contribution in [-0.4, -0.2) is 42.0 Å². The van der Waals surface area contributed by atoms with E-state index in [4.69, 9.17) is 4.99 Å². The van der Waals surface area contributed by atoms with Crippen molar-refractivity contribution in [3.8, 4) is 0 Å². The van der Waals surface area contributed by atoms with E-state index in [-0.39, 0.29) is 0 Å². The lowest BCUT2D eigenvalue weighted by molar-refractivity contribution is -0.0258. The van der Waals surface area contributed by atoms with Gasteiger partial charge in [-0.3, -0.25) is 4.99 Å². The number of para-hydroxylation sites is 1. The van der Waals surface area contributed by atoms with Crippen LogP contribution in [0.4, 0.5) is 5.69 Å². The van der Waals surface area contributed by atoms with Crippen LogP contribution < -0.4 is 5.32 Å². The molecule has 2 N–H and O–H groups in total. The second kappa shape index (κ2) is 8.24. The number of nitrogens with zero attached hydrogens (tertiary/aromatic N) is 2. The first-order valence-corrected chi connectivity index (χ1v) is 10.1. The Balaban J connectivity index is 1.21. The minimum atomic E-state index is -0.655. The monoisotopic (exact) mass is 363 g/mol. The van der Waals surface area contributed by atoms with Crippen molar-refractivity contribution in [3.05, 3.63) is 65.7 Å². The highest BCUT2D eigenvalue weighted by Gasteiger charge is 2.33. The lowest BCUT2D eigenvalue weighted by atomic mass is 9.84. The molecule has 0 aromatic heterocycles. The third-order valence-corrected chi connectivity index (χ3v) is 5.86. The Morgan fingerprint density at radius 3 is 2.52 bits per heavy atom. The van der Waals surface area contributed by atoms with Crippen LogP contribution in [0.3, 0.4) is 0 Å². The van der Waals surface area contributed by atoms with Gasteiger partial charge in [-0.15, -0.1) is 0 Å². The van der Waals surface area contributed by atoms with E-state index in [1.807, 2.05) is 30.3 Å². The Hall–Kier alpha value is -2.17. The molecule has 1 saturated heterocycles. The van der Waals surface area contributed by atoms with Crippen molar-refractivity contribution in [2.75, 3.05) is 31.5 Å². The van der Waals surface area contributed by atoms with Crippen LogP contribution in [0.25, 0.3) is 0 Å². The van der Waals surface area contributed by atoms with Crippen LogP contribution in [0.5, 0.6) is 0 Å². The minimum Gasteiger partial charge on any atom is -0.385 e. The Morgan fingerprint density at radius 1 is 0.963 bits per heavy atom. The zero-order valence-corrected chi connectivity index (χ0v) is 15.9. The molecule has 2 heterocycles. The molecular weight excluding hydrogens is 334 g/mol. The van der Waals surface area contributed by atoms with Gasteiger partial charge >= 0.3 is 0 Å². The highest BCUT2D eigenvalue weighted by molar-refractivity contribution is 5.98. The van der Waals surface area contributed by atoms with Crippen molar-refractivity contribution in [1.82, 2.24) is 4.90 Å². The molecule has 2 aliphatic rings. The molecule has 4 nitrogen and oxygen atoms in total. The van der Waals surface area contributed by atoms with Gasteiger partial charge in [0.25, 0.3) is 0 Å². The van der Waals surface area contributed by atoms with Gasteiger partial charge in [0, 0.05) is 31.7 Å². The van der Waals surface area contributed by atoms with Crippen molar-refractivity contribution in [1.29, 1.82) is 0 Å². The van der Waals surface area contributed by atoms with Crippen molar-refractivity contribution >= 4 is 11.5 Å². The van der Waals surface area contributed by atoms with Crippen LogP contribution in [0.15, 0.2) is 59.6 Å². The Morgan fingerprint density at radius 2 is 1.70 bits per heavy atom. The quantitative estimate of drug-likeness (QED) is 0.794. The van der Waals surface area contributed by atoms with Crippen molar-refractivity contribution in [3.63, 3.8) is 0 Å². The van der Waals surface area contributed by atoms with Gasteiger partial charge in [0.1, 0.15) is 5.84 Å². The maximum atomic E-state index is 10.9. The number of aryl methyl sites for hydroxylation is 1. The van der Waals surface area contributed by atoms with Crippen LogP contribution in [0, 0.1) is 0 Å². The van der Waals surface area contributed by atoms with Crippen molar-refractivity contribution < 1.29 is 5.11 Å². The molecule has 2 aliphatic heterocycles. The largest absolute Gasteiger partial charge is 0.385 e. The molecule has 4 rings (SSSR count). The second-order valence-electron chi connectivity index (χ2n) is 7.70. The van der Waals surface area contributed by atoms with Gasteiger partial charge in [0.05, 0.1) is 5.60 Å². The Labute approximate surface area is 161 Å². The zero-order chi connectivity index (χ0) is 18.5. The molecule has 0 atom stereocenters. The van der Waals surface area contributed by atoms with Gasteiger partial charge in [0.15, 0.2) is 0 Å². The number of rotatable bonds is 5. The normalized spacial score (nSPS) is 20.9. The molecule has 0 aliphatic carbocycles. The Kier molecular flexibility index (Phi) is 5.55. The molecule has 2 aromatic rings. The molecule has 0 saturated carbocycles. The van der Waals surface area contributed by atoms with E-state index in [0.717, 1.165) is 69.7 Å². The van der Waals surface area contributed by atoms with E-state index in [0.29, 0.717) is 0 Å². The highest BCUT2D eigenvalue weighted by Crippen LogP contribution is 2.32. The predicted octanol–water partition coefficient (Wildman–Crippen LogP) is 3.82. The summed E-state index contributed by atoms with van der Waals surface area (Å²) in [5, 5.41) is 14.4. The molecule has 27 heavy (non-hydrogen) atoms. The van der Waals surface area contributed by atoms with E-state index in [9.17, 15) is 5.11 Å². The van der Waals surface area contributed by atoms with E-state index in [2.05, 4.69) is 34.5 Å². The fraction of sp³-hybridized carbons (Fsp3) is 0.435. The SMILES string of the molecule is OC1(c2ccccc2)CCN(CCCN=C2CCc3ccccc3N2)CC1. The van der Waals surface area contributed by atoms with Gasteiger partial charge in [-0.05, 0) is 49.4 Å². The first-order chi connectivity index (χ1) is 13.2. The summed E-state index contributed by atoms with van der Waals surface area (Å²) in [4.78, 5) is 7.23. The number of likely N-dealkylation sites (tertiary alicyclic amines) is 1. The lowest BCUT2D eigenvalue weighted by Crippen LogP contribution is -2.43. The van der Waals surface area contributed by atoms with Gasteiger partial charge < -0.3 is 15.3 Å². The Bertz CT molecular complexity index is 779. The first-order valence-electron chi connectivity index (χ1n) is 10.1. The number of hydrogen-bond acceptors (Lipinski definition) is 3. The average Bonchev–Trinajstić information content (AvgIpc) is 2.73. The van der Waals surface area contributed by atoms with E-state index in [1.165, 1.54) is 11.3 Å². The summed E-state index contributed by atoms with van der Waals surface area (Å²) in [6.45, 7) is 3.82. The van der Waals surface area contributed by atoms with Crippen LogP contribution in [0.2, 0.25) is 0 Å². The molecule has 4 heteroatoms. The van der Waals surface area contributed by atoms with E-state index in [1.54, 1.807) is 0 Å². The van der Waals surface area contributed by atoms with Gasteiger partial charge in [0.2, 0.25) is 0 Å². The van der Waals surface area contributed by atoms with Crippen LogP contribution in [-0.2, 0) is 12.0 Å². The van der Waals surface area contributed by atoms with Crippen molar-refractivity contribution in [2.24, 2.45) is 4.99 Å². The highest BCUT2D eigenvalue weighted by atomic mass is 16.3.